The Morgan fingerprint density at radius 2 is 1.62 bits per heavy atom. The van der Waals surface area contributed by atoms with Gasteiger partial charge in [0.1, 0.15) is 11.6 Å². The fraction of sp³-hybridized carbons (Fsp3) is 0.529. The van der Waals surface area contributed by atoms with Crippen LogP contribution >= 0.6 is 0 Å². The number of carbonyl (C=O) groups is 2. The van der Waals surface area contributed by atoms with Crippen molar-refractivity contribution in [1.82, 2.24) is 16.0 Å². The van der Waals surface area contributed by atoms with Crippen LogP contribution in [0.1, 0.15) is 37.7 Å². The molecule has 3 amide bonds. The van der Waals surface area contributed by atoms with Crippen molar-refractivity contribution in [2.24, 2.45) is 0 Å². The summed E-state index contributed by atoms with van der Waals surface area (Å²) >= 11 is 0. The lowest BCUT2D eigenvalue weighted by Gasteiger charge is -2.12. The molecule has 7 heteroatoms. The van der Waals surface area contributed by atoms with Crippen LogP contribution in [0, 0.1) is 11.6 Å². The summed E-state index contributed by atoms with van der Waals surface area (Å²) in [6, 6.07) is 3.14. The van der Waals surface area contributed by atoms with E-state index < -0.39 is 17.7 Å². The van der Waals surface area contributed by atoms with Gasteiger partial charge in [-0.05, 0) is 37.0 Å². The van der Waals surface area contributed by atoms with Crippen molar-refractivity contribution in [1.29, 1.82) is 0 Å². The van der Waals surface area contributed by atoms with Crippen LogP contribution in [0.4, 0.5) is 13.6 Å². The number of benzene rings is 1. The van der Waals surface area contributed by atoms with Gasteiger partial charge >= 0.3 is 6.03 Å². The molecule has 0 radical (unpaired) electrons. The van der Waals surface area contributed by atoms with Gasteiger partial charge in [-0.2, -0.15) is 0 Å². The molecule has 0 aliphatic heterocycles. The van der Waals surface area contributed by atoms with E-state index in [0.29, 0.717) is 12.0 Å². The van der Waals surface area contributed by atoms with Crippen LogP contribution in [-0.2, 0) is 11.2 Å². The second-order valence-electron chi connectivity index (χ2n) is 6.01. The predicted octanol–water partition coefficient (Wildman–Crippen LogP) is 2.26. The smallest absolute Gasteiger partial charge is 0.314 e. The lowest BCUT2D eigenvalue weighted by Crippen LogP contribution is -2.39. The molecule has 0 heterocycles. The average Bonchev–Trinajstić information content (AvgIpc) is 2.99. The highest BCUT2D eigenvalue weighted by molar-refractivity contribution is 5.78. The van der Waals surface area contributed by atoms with E-state index in [4.69, 9.17) is 0 Å². The first kappa shape index (κ1) is 18.2. The molecule has 24 heavy (non-hydrogen) atoms. The van der Waals surface area contributed by atoms with Crippen LogP contribution in [0.25, 0.3) is 0 Å². The Bertz CT molecular complexity index is 555. The highest BCUT2D eigenvalue weighted by Gasteiger charge is 2.16. The fourth-order valence-electron chi connectivity index (χ4n) is 2.80. The number of carbonyl (C=O) groups excluding carboxylic acids is 2. The molecule has 2 rings (SSSR count). The second-order valence-corrected chi connectivity index (χ2v) is 6.01. The fourth-order valence-corrected chi connectivity index (χ4v) is 2.80. The zero-order valence-electron chi connectivity index (χ0n) is 13.5. The first-order valence-electron chi connectivity index (χ1n) is 8.29. The molecule has 1 fully saturated rings. The van der Waals surface area contributed by atoms with Crippen molar-refractivity contribution in [3.63, 3.8) is 0 Å². The van der Waals surface area contributed by atoms with Gasteiger partial charge in [0.2, 0.25) is 5.91 Å². The molecule has 0 saturated heterocycles. The van der Waals surface area contributed by atoms with E-state index in [9.17, 15) is 18.4 Å². The number of amides is 3. The Morgan fingerprint density at radius 1 is 1.00 bits per heavy atom. The van der Waals surface area contributed by atoms with Gasteiger partial charge in [0.15, 0.2) is 0 Å². The Balaban J connectivity index is 1.57. The minimum absolute atomic E-state index is 0.0579. The lowest BCUT2D eigenvalue weighted by atomic mass is 10.1. The maximum atomic E-state index is 13.0. The number of nitrogens with one attached hydrogen (secondary N) is 3. The average molecular weight is 339 g/mol. The summed E-state index contributed by atoms with van der Waals surface area (Å²) in [6.07, 6.45) is 4.92. The van der Waals surface area contributed by atoms with Crippen molar-refractivity contribution < 1.29 is 18.4 Å². The normalized spacial score (nSPS) is 14.4. The third-order valence-electron chi connectivity index (χ3n) is 3.98. The number of urea groups is 1. The molecular formula is C17H23F2N3O2. The molecular weight excluding hydrogens is 316 g/mol. The maximum absolute atomic E-state index is 13.0. The van der Waals surface area contributed by atoms with Crippen LogP contribution in [0.2, 0.25) is 0 Å². The molecule has 132 valence electrons. The highest BCUT2D eigenvalue weighted by Crippen LogP contribution is 2.17. The van der Waals surface area contributed by atoms with Gasteiger partial charge < -0.3 is 16.0 Å². The molecule has 0 spiro atoms. The third kappa shape index (κ3) is 6.52. The van der Waals surface area contributed by atoms with Crippen LogP contribution in [0.5, 0.6) is 0 Å². The molecule has 3 N–H and O–H groups in total. The van der Waals surface area contributed by atoms with Gasteiger partial charge in [0, 0.05) is 31.6 Å². The summed E-state index contributed by atoms with van der Waals surface area (Å²) in [5, 5.41) is 8.12. The minimum atomic E-state index is -0.636. The van der Waals surface area contributed by atoms with Crippen molar-refractivity contribution in [2.45, 2.75) is 44.6 Å². The van der Waals surface area contributed by atoms with Gasteiger partial charge in [0.05, 0.1) is 0 Å². The van der Waals surface area contributed by atoms with Crippen LogP contribution in [0.15, 0.2) is 18.2 Å². The Kier molecular flexibility index (Phi) is 6.96. The quantitative estimate of drug-likeness (QED) is 0.713. The van der Waals surface area contributed by atoms with Gasteiger partial charge in [-0.3, -0.25) is 4.79 Å². The Hall–Kier alpha value is -2.18. The summed E-state index contributed by atoms with van der Waals surface area (Å²) in [7, 11) is 0. The maximum Gasteiger partial charge on any atom is 0.314 e. The molecule has 0 bridgehead atoms. The monoisotopic (exact) mass is 339 g/mol. The predicted molar refractivity (Wildman–Crippen MR) is 86.5 cm³/mol. The van der Waals surface area contributed by atoms with Crippen molar-refractivity contribution >= 4 is 11.9 Å². The van der Waals surface area contributed by atoms with Gasteiger partial charge in [-0.25, -0.2) is 13.6 Å². The topological polar surface area (TPSA) is 70.2 Å². The van der Waals surface area contributed by atoms with Crippen LogP contribution < -0.4 is 16.0 Å². The molecule has 0 unspecified atom stereocenters. The van der Waals surface area contributed by atoms with E-state index in [0.717, 1.165) is 31.7 Å². The molecule has 1 aromatic rings. The van der Waals surface area contributed by atoms with E-state index in [1.54, 1.807) is 0 Å². The highest BCUT2D eigenvalue weighted by atomic mass is 19.1. The second kappa shape index (κ2) is 9.20. The van der Waals surface area contributed by atoms with E-state index in [1.807, 2.05) is 0 Å². The minimum Gasteiger partial charge on any atom is -0.353 e. The molecule has 5 nitrogen and oxygen atoms in total. The van der Waals surface area contributed by atoms with Gasteiger partial charge in [-0.1, -0.05) is 12.8 Å². The largest absolute Gasteiger partial charge is 0.353 e. The number of hydrogen-bond donors (Lipinski definition) is 3. The number of rotatable bonds is 7. The van der Waals surface area contributed by atoms with Gasteiger partial charge in [0.25, 0.3) is 0 Å². The van der Waals surface area contributed by atoms with Gasteiger partial charge in [-0.15, -0.1) is 0 Å². The molecule has 0 atom stereocenters. The molecule has 0 aromatic heterocycles. The zero-order valence-corrected chi connectivity index (χ0v) is 13.5. The SMILES string of the molecule is O=C(CCNC(=O)NCCc1cc(F)cc(F)c1)NC1CCCC1. The van der Waals surface area contributed by atoms with Crippen molar-refractivity contribution in [2.75, 3.05) is 13.1 Å². The van der Waals surface area contributed by atoms with Crippen molar-refractivity contribution in [3.05, 3.63) is 35.4 Å². The summed E-state index contributed by atoms with van der Waals surface area (Å²) in [6.45, 7) is 0.502. The summed E-state index contributed by atoms with van der Waals surface area (Å²) in [4.78, 5) is 23.3. The van der Waals surface area contributed by atoms with E-state index in [-0.39, 0.29) is 31.5 Å². The first-order valence-corrected chi connectivity index (χ1v) is 8.29. The summed E-state index contributed by atoms with van der Waals surface area (Å²) in [5.41, 5.74) is 0.476. The molecule has 1 aliphatic rings. The number of halogens is 2. The standard InChI is InChI=1S/C17H23F2N3O2/c18-13-9-12(10-14(19)11-13)5-7-20-17(24)21-8-6-16(23)22-15-3-1-2-4-15/h9-11,15H,1-8H2,(H,22,23)(H2,20,21,24). The summed E-state index contributed by atoms with van der Waals surface area (Å²) in [5.74, 6) is -1.33. The van der Waals surface area contributed by atoms with E-state index in [1.165, 1.54) is 12.1 Å². The Labute approximate surface area is 140 Å². The Morgan fingerprint density at radius 3 is 2.29 bits per heavy atom. The third-order valence-corrected chi connectivity index (χ3v) is 3.98. The lowest BCUT2D eigenvalue weighted by molar-refractivity contribution is -0.121. The van der Waals surface area contributed by atoms with Crippen LogP contribution in [0.3, 0.4) is 0 Å². The summed E-state index contributed by atoms with van der Waals surface area (Å²) < 4.78 is 26.0. The van der Waals surface area contributed by atoms with Crippen LogP contribution in [-0.4, -0.2) is 31.1 Å². The zero-order chi connectivity index (χ0) is 17.4. The van der Waals surface area contributed by atoms with E-state index >= 15 is 0 Å². The molecule has 1 saturated carbocycles. The molecule has 1 aromatic carbocycles. The van der Waals surface area contributed by atoms with Crippen molar-refractivity contribution in [3.8, 4) is 0 Å². The molecule has 1 aliphatic carbocycles. The van der Waals surface area contributed by atoms with E-state index in [2.05, 4.69) is 16.0 Å². The number of hydrogen-bond acceptors (Lipinski definition) is 2. The first-order chi connectivity index (χ1) is 11.5.